The van der Waals surface area contributed by atoms with Gasteiger partial charge in [0.1, 0.15) is 4.32 Å². The molecule has 0 amide bonds. The van der Waals surface area contributed by atoms with Crippen molar-refractivity contribution in [3.63, 3.8) is 0 Å². The number of hydrogen-bond acceptors (Lipinski definition) is 5. The monoisotopic (exact) mass is 337 g/mol. The van der Waals surface area contributed by atoms with Crippen molar-refractivity contribution >= 4 is 37.1 Å². The second-order valence-electron chi connectivity index (χ2n) is 3.89. The molecule has 118 valence electrons. The highest BCUT2D eigenvalue weighted by Gasteiger charge is 2.39. The van der Waals surface area contributed by atoms with E-state index < -0.39 is 8.80 Å². The van der Waals surface area contributed by atoms with Gasteiger partial charge in [0.05, 0.1) is 0 Å². The van der Waals surface area contributed by atoms with Crippen LogP contribution in [0.3, 0.4) is 0 Å². The molecule has 0 aliphatic heterocycles. The van der Waals surface area contributed by atoms with Crippen LogP contribution in [0.2, 0.25) is 6.04 Å². The van der Waals surface area contributed by atoms with Crippen LogP contribution < -0.4 is 5.32 Å². The fraction of sp³-hybridized carbons (Fsp3) is 0.769. The molecular weight excluding hydrogens is 310 g/mol. The number of thioether (sulfide) groups is 1. The van der Waals surface area contributed by atoms with Crippen LogP contribution in [-0.2, 0) is 13.3 Å². The minimum Gasteiger partial charge on any atom is -0.374 e. The summed E-state index contributed by atoms with van der Waals surface area (Å²) in [5.74, 6) is 0.935. The molecule has 0 saturated heterocycles. The molecule has 20 heavy (non-hydrogen) atoms. The Morgan fingerprint density at radius 2 is 1.75 bits per heavy atom. The lowest BCUT2D eigenvalue weighted by Crippen LogP contribution is -2.46. The Kier molecular flexibility index (Phi) is 12.8. The Labute approximate surface area is 134 Å². The van der Waals surface area contributed by atoms with Crippen molar-refractivity contribution in [2.75, 3.05) is 32.1 Å². The van der Waals surface area contributed by atoms with Crippen LogP contribution >= 0.6 is 24.0 Å². The molecule has 0 bridgehead atoms. The van der Waals surface area contributed by atoms with Crippen molar-refractivity contribution < 1.29 is 13.3 Å². The van der Waals surface area contributed by atoms with Crippen LogP contribution in [-0.4, -0.2) is 45.2 Å². The number of thiocarbonyl (C=S) groups is 1. The molecule has 0 heterocycles. The Bertz CT molecular complexity index is 263. The average Bonchev–Trinajstić information content (AvgIpc) is 2.42. The molecule has 0 rings (SSSR count). The highest BCUT2D eigenvalue weighted by atomic mass is 32.2. The summed E-state index contributed by atoms with van der Waals surface area (Å²) >= 11 is 6.84. The zero-order valence-electron chi connectivity index (χ0n) is 12.8. The van der Waals surface area contributed by atoms with Crippen molar-refractivity contribution in [2.45, 2.75) is 33.2 Å². The number of hydrogen-bond donors (Lipinski definition) is 1. The third-order valence-electron chi connectivity index (χ3n) is 2.34. The molecule has 0 aromatic rings. The molecule has 0 aliphatic rings. The third-order valence-corrected chi connectivity index (χ3v) is 6.89. The van der Waals surface area contributed by atoms with Gasteiger partial charge in [-0.1, -0.05) is 30.1 Å². The fourth-order valence-corrected chi connectivity index (χ4v) is 5.52. The molecule has 0 radical (unpaired) electrons. The molecule has 0 atom stereocenters. The van der Waals surface area contributed by atoms with E-state index in [1.165, 1.54) is 0 Å². The second-order valence-corrected chi connectivity index (χ2v) is 8.39. The van der Waals surface area contributed by atoms with E-state index >= 15 is 0 Å². The first kappa shape index (κ1) is 20.1. The van der Waals surface area contributed by atoms with E-state index in [1.807, 2.05) is 20.8 Å². The Morgan fingerprint density at radius 1 is 1.20 bits per heavy atom. The summed E-state index contributed by atoms with van der Waals surface area (Å²) in [7, 11) is -2.49. The van der Waals surface area contributed by atoms with Gasteiger partial charge in [-0.2, -0.15) is 0 Å². The molecule has 0 spiro atoms. The van der Waals surface area contributed by atoms with E-state index in [-0.39, 0.29) is 0 Å². The van der Waals surface area contributed by atoms with Crippen LogP contribution in [0.15, 0.2) is 12.7 Å². The minimum absolute atomic E-state index is 0.624. The molecule has 0 fully saturated rings. The van der Waals surface area contributed by atoms with Crippen molar-refractivity contribution in [1.82, 2.24) is 5.32 Å². The van der Waals surface area contributed by atoms with Crippen LogP contribution in [0, 0.1) is 0 Å². The average molecular weight is 338 g/mol. The molecule has 7 heteroatoms. The molecule has 0 aromatic carbocycles. The zero-order valence-corrected chi connectivity index (χ0v) is 15.4. The first-order valence-corrected chi connectivity index (χ1v) is 10.4. The van der Waals surface area contributed by atoms with Gasteiger partial charge < -0.3 is 18.6 Å². The summed E-state index contributed by atoms with van der Waals surface area (Å²) in [5, 5.41) is 3.10. The summed E-state index contributed by atoms with van der Waals surface area (Å²) in [5.41, 5.74) is 0. The lowest BCUT2D eigenvalue weighted by molar-refractivity contribution is 0.0712. The Balaban J connectivity index is 4.11. The minimum atomic E-state index is -2.49. The van der Waals surface area contributed by atoms with Crippen molar-refractivity contribution in [3.8, 4) is 0 Å². The summed E-state index contributed by atoms with van der Waals surface area (Å²) in [6.07, 6.45) is 2.76. The van der Waals surface area contributed by atoms with E-state index in [9.17, 15) is 0 Å². The zero-order chi connectivity index (χ0) is 15.3. The van der Waals surface area contributed by atoms with E-state index in [0.717, 1.165) is 22.5 Å². The van der Waals surface area contributed by atoms with E-state index in [0.29, 0.717) is 26.4 Å². The molecule has 0 saturated carbocycles. The van der Waals surface area contributed by atoms with Gasteiger partial charge in [0.15, 0.2) is 0 Å². The lowest BCUT2D eigenvalue weighted by Gasteiger charge is -2.28. The lowest BCUT2D eigenvalue weighted by atomic mass is 10.6. The Morgan fingerprint density at radius 3 is 2.20 bits per heavy atom. The molecule has 1 N–H and O–H groups in total. The summed E-state index contributed by atoms with van der Waals surface area (Å²) < 4.78 is 18.2. The Hall–Kier alpha value is 0.0769. The van der Waals surface area contributed by atoms with Gasteiger partial charge in [-0.25, -0.2) is 0 Å². The summed E-state index contributed by atoms with van der Waals surface area (Å²) in [6.45, 7) is 12.2. The molecule has 0 unspecified atom stereocenters. The van der Waals surface area contributed by atoms with E-state index in [2.05, 4.69) is 11.9 Å². The topological polar surface area (TPSA) is 39.7 Å². The quantitative estimate of drug-likeness (QED) is 0.255. The SMILES string of the molecule is C=CCNC(=S)SCCC[Si](OCC)(OCC)OCC. The number of nitrogens with one attached hydrogen (secondary N) is 1. The summed E-state index contributed by atoms with van der Waals surface area (Å²) in [6, 6.07) is 0.833. The van der Waals surface area contributed by atoms with Gasteiger partial charge in [-0.3, -0.25) is 0 Å². The van der Waals surface area contributed by atoms with Gasteiger partial charge in [0.25, 0.3) is 0 Å². The van der Waals surface area contributed by atoms with Crippen LogP contribution in [0.4, 0.5) is 0 Å². The van der Waals surface area contributed by atoms with Gasteiger partial charge in [0.2, 0.25) is 0 Å². The van der Waals surface area contributed by atoms with Gasteiger partial charge >= 0.3 is 8.80 Å². The predicted molar refractivity (Wildman–Crippen MR) is 93.3 cm³/mol. The van der Waals surface area contributed by atoms with Crippen LogP contribution in [0.5, 0.6) is 0 Å². The highest BCUT2D eigenvalue weighted by molar-refractivity contribution is 8.22. The van der Waals surface area contributed by atoms with Crippen LogP contribution in [0.1, 0.15) is 27.2 Å². The maximum absolute atomic E-state index is 5.81. The standard InChI is InChI=1S/C13H27NO3S2Si/c1-5-10-14-13(18)19-11-9-12-20(15-6-2,16-7-3)17-8-4/h5H,1,6-12H2,2-4H3,(H,14,18). The smallest absolute Gasteiger partial charge is 0.374 e. The molecule has 4 nitrogen and oxygen atoms in total. The number of rotatable bonds is 12. The molecular formula is C13H27NO3S2Si. The summed E-state index contributed by atoms with van der Waals surface area (Å²) in [4.78, 5) is 0. The van der Waals surface area contributed by atoms with E-state index in [1.54, 1.807) is 17.8 Å². The fourth-order valence-electron chi connectivity index (χ4n) is 1.66. The van der Waals surface area contributed by atoms with Crippen molar-refractivity contribution in [1.29, 1.82) is 0 Å². The van der Waals surface area contributed by atoms with Crippen molar-refractivity contribution in [3.05, 3.63) is 12.7 Å². The van der Waals surface area contributed by atoms with E-state index in [4.69, 9.17) is 25.5 Å². The highest BCUT2D eigenvalue weighted by Crippen LogP contribution is 2.20. The predicted octanol–water partition coefficient (Wildman–Crippen LogP) is 3.22. The first-order chi connectivity index (χ1) is 9.64. The van der Waals surface area contributed by atoms with Gasteiger partial charge in [0, 0.05) is 38.2 Å². The largest absolute Gasteiger partial charge is 0.500 e. The second kappa shape index (κ2) is 12.8. The molecule has 0 aliphatic carbocycles. The van der Waals surface area contributed by atoms with Crippen LogP contribution in [0.25, 0.3) is 0 Å². The molecule has 0 aromatic heterocycles. The van der Waals surface area contributed by atoms with Gasteiger partial charge in [-0.05, 0) is 27.2 Å². The maximum Gasteiger partial charge on any atom is 0.500 e. The van der Waals surface area contributed by atoms with Crippen molar-refractivity contribution in [2.24, 2.45) is 0 Å². The first-order valence-electron chi connectivity index (χ1n) is 7.07. The maximum atomic E-state index is 5.81. The third kappa shape index (κ3) is 9.09. The normalized spacial score (nSPS) is 11.3. The van der Waals surface area contributed by atoms with Gasteiger partial charge in [-0.15, -0.1) is 6.58 Å².